The fourth-order valence-electron chi connectivity index (χ4n) is 1.32. The van der Waals surface area contributed by atoms with Crippen molar-refractivity contribution in [1.82, 2.24) is 0 Å². The molecule has 18 heavy (non-hydrogen) atoms. The van der Waals surface area contributed by atoms with Gasteiger partial charge in [0.05, 0.1) is 17.1 Å². The zero-order valence-corrected chi connectivity index (χ0v) is 10.7. The van der Waals surface area contributed by atoms with Crippen LogP contribution in [0.15, 0.2) is 18.2 Å². The topological polar surface area (TPSA) is 72.5 Å². The van der Waals surface area contributed by atoms with Crippen molar-refractivity contribution >= 4 is 35.1 Å². The van der Waals surface area contributed by atoms with Crippen LogP contribution in [0.25, 0.3) is 0 Å². The number of carbonyl (C=O) groups is 3. The third-order valence-electron chi connectivity index (χ3n) is 1.95. The molecule has 1 rings (SSSR count). The van der Waals surface area contributed by atoms with Crippen LogP contribution >= 0.6 is 11.6 Å². The van der Waals surface area contributed by atoms with Gasteiger partial charge in [0.25, 0.3) is 0 Å². The Kier molecular flexibility index (Phi) is 4.85. The van der Waals surface area contributed by atoms with E-state index in [0.29, 0.717) is 16.3 Å². The largest absolute Gasteiger partial charge is 0.393 e. The standard InChI is InChI=1S/C12H12ClNO4/c1-7(15)14-11-4-3-9(5-10(11)13)6-12(17)18-8(2)16/h3-5H,6H2,1-2H3,(H,14,15). The van der Waals surface area contributed by atoms with Gasteiger partial charge in [-0.3, -0.25) is 14.4 Å². The average Bonchev–Trinajstić information content (AvgIpc) is 2.20. The molecule has 0 heterocycles. The lowest BCUT2D eigenvalue weighted by Crippen LogP contribution is -2.12. The number of amides is 1. The minimum atomic E-state index is -0.652. The van der Waals surface area contributed by atoms with Crippen molar-refractivity contribution in [3.8, 4) is 0 Å². The zero-order valence-electron chi connectivity index (χ0n) is 9.95. The molecular weight excluding hydrogens is 258 g/mol. The number of anilines is 1. The predicted octanol–water partition coefficient (Wildman–Crippen LogP) is 1.93. The van der Waals surface area contributed by atoms with Crippen molar-refractivity contribution in [2.75, 3.05) is 5.32 Å². The molecule has 96 valence electrons. The van der Waals surface area contributed by atoms with Crippen LogP contribution in [0.1, 0.15) is 19.4 Å². The van der Waals surface area contributed by atoms with E-state index < -0.39 is 11.9 Å². The van der Waals surface area contributed by atoms with E-state index in [1.165, 1.54) is 13.0 Å². The van der Waals surface area contributed by atoms with Crippen molar-refractivity contribution in [2.24, 2.45) is 0 Å². The van der Waals surface area contributed by atoms with E-state index >= 15 is 0 Å². The Hall–Kier alpha value is -1.88. The summed E-state index contributed by atoms with van der Waals surface area (Å²) in [6.07, 6.45) is -0.0559. The van der Waals surface area contributed by atoms with Gasteiger partial charge in [0.1, 0.15) is 0 Å². The van der Waals surface area contributed by atoms with E-state index in [-0.39, 0.29) is 12.3 Å². The molecule has 5 nitrogen and oxygen atoms in total. The molecule has 0 aliphatic carbocycles. The minimum absolute atomic E-state index is 0.0559. The Morgan fingerprint density at radius 1 is 1.28 bits per heavy atom. The van der Waals surface area contributed by atoms with Gasteiger partial charge in [-0.25, -0.2) is 0 Å². The summed E-state index contributed by atoms with van der Waals surface area (Å²) in [5.74, 6) is -1.53. The highest BCUT2D eigenvalue weighted by molar-refractivity contribution is 6.33. The number of hydrogen-bond donors (Lipinski definition) is 1. The van der Waals surface area contributed by atoms with Crippen molar-refractivity contribution in [3.63, 3.8) is 0 Å². The number of halogens is 1. The van der Waals surface area contributed by atoms with Crippen LogP contribution in [-0.4, -0.2) is 17.8 Å². The smallest absolute Gasteiger partial charge is 0.317 e. The number of ether oxygens (including phenoxy) is 1. The lowest BCUT2D eigenvalue weighted by atomic mass is 10.1. The second-order valence-corrected chi connectivity index (χ2v) is 4.05. The molecule has 1 aromatic rings. The Morgan fingerprint density at radius 3 is 2.44 bits per heavy atom. The summed E-state index contributed by atoms with van der Waals surface area (Å²) >= 11 is 5.93. The fourth-order valence-corrected chi connectivity index (χ4v) is 1.57. The van der Waals surface area contributed by atoms with Crippen LogP contribution in [0.5, 0.6) is 0 Å². The maximum atomic E-state index is 11.2. The molecule has 0 bridgehead atoms. The normalized spacial score (nSPS) is 9.72. The predicted molar refractivity (Wildman–Crippen MR) is 66.2 cm³/mol. The summed E-state index contributed by atoms with van der Waals surface area (Å²) in [5, 5.41) is 2.86. The summed E-state index contributed by atoms with van der Waals surface area (Å²) in [7, 11) is 0. The van der Waals surface area contributed by atoms with Gasteiger partial charge in [0.15, 0.2) is 0 Å². The lowest BCUT2D eigenvalue weighted by molar-refractivity contribution is -0.157. The first kappa shape index (κ1) is 14.2. The second kappa shape index (κ2) is 6.16. The molecule has 6 heteroatoms. The molecule has 0 aliphatic rings. The van der Waals surface area contributed by atoms with Gasteiger partial charge in [0, 0.05) is 13.8 Å². The molecule has 1 N–H and O–H groups in total. The molecular formula is C12H12ClNO4. The molecule has 0 unspecified atom stereocenters. The monoisotopic (exact) mass is 269 g/mol. The maximum absolute atomic E-state index is 11.2. The summed E-state index contributed by atoms with van der Waals surface area (Å²) in [6, 6.07) is 4.74. The van der Waals surface area contributed by atoms with Gasteiger partial charge in [-0.2, -0.15) is 0 Å². The first-order chi connectivity index (χ1) is 8.38. The van der Waals surface area contributed by atoms with Crippen molar-refractivity contribution in [3.05, 3.63) is 28.8 Å². The maximum Gasteiger partial charge on any atom is 0.317 e. The molecule has 0 saturated carbocycles. The Labute approximate surface area is 109 Å². The van der Waals surface area contributed by atoms with Crippen LogP contribution in [0.4, 0.5) is 5.69 Å². The lowest BCUT2D eigenvalue weighted by Gasteiger charge is -2.07. The number of hydrogen-bond acceptors (Lipinski definition) is 4. The van der Waals surface area contributed by atoms with Crippen molar-refractivity contribution in [1.29, 1.82) is 0 Å². The van der Waals surface area contributed by atoms with Crippen LogP contribution in [-0.2, 0) is 25.5 Å². The third kappa shape index (κ3) is 4.55. The van der Waals surface area contributed by atoms with E-state index in [0.717, 1.165) is 6.92 Å². The molecule has 1 aromatic carbocycles. The van der Waals surface area contributed by atoms with Gasteiger partial charge in [-0.15, -0.1) is 0 Å². The van der Waals surface area contributed by atoms with Gasteiger partial charge in [-0.05, 0) is 17.7 Å². The highest BCUT2D eigenvalue weighted by Crippen LogP contribution is 2.23. The van der Waals surface area contributed by atoms with Crippen molar-refractivity contribution < 1.29 is 19.1 Å². The number of benzene rings is 1. The summed E-state index contributed by atoms with van der Waals surface area (Å²) in [4.78, 5) is 32.7. The second-order valence-electron chi connectivity index (χ2n) is 3.64. The Bertz CT molecular complexity index is 499. The van der Waals surface area contributed by atoms with E-state index in [4.69, 9.17) is 11.6 Å². The number of nitrogens with one attached hydrogen (secondary N) is 1. The van der Waals surface area contributed by atoms with Crippen LogP contribution in [0, 0.1) is 0 Å². The molecule has 0 aromatic heterocycles. The van der Waals surface area contributed by atoms with Crippen LogP contribution in [0.3, 0.4) is 0 Å². The number of esters is 2. The minimum Gasteiger partial charge on any atom is -0.393 e. The SMILES string of the molecule is CC(=O)Nc1ccc(CC(=O)OC(C)=O)cc1Cl. The quantitative estimate of drug-likeness (QED) is 0.672. The molecule has 0 radical (unpaired) electrons. The highest BCUT2D eigenvalue weighted by atomic mass is 35.5. The van der Waals surface area contributed by atoms with Crippen molar-refractivity contribution in [2.45, 2.75) is 20.3 Å². The molecule has 0 atom stereocenters. The van der Waals surface area contributed by atoms with E-state index in [1.54, 1.807) is 12.1 Å². The molecule has 1 amide bonds. The highest BCUT2D eigenvalue weighted by Gasteiger charge is 2.09. The van der Waals surface area contributed by atoms with Crippen LogP contribution < -0.4 is 5.32 Å². The number of carbonyl (C=O) groups excluding carboxylic acids is 3. The first-order valence-electron chi connectivity index (χ1n) is 5.15. The fraction of sp³-hybridized carbons (Fsp3) is 0.250. The molecule has 0 spiro atoms. The summed E-state index contributed by atoms with van der Waals surface area (Å²) in [5.41, 5.74) is 1.06. The number of rotatable bonds is 3. The van der Waals surface area contributed by atoms with Gasteiger partial charge in [0.2, 0.25) is 5.91 Å². The van der Waals surface area contributed by atoms with Gasteiger partial charge < -0.3 is 10.1 Å². The third-order valence-corrected chi connectivity index (χ3v) is 2.26. The Morgan fingerprint density at radius 2 is 1.94 bits per heavy atom. The summed E-state index contributed by atoms with van der Waals surface area (Å²) in [6.45, 7) is 2.53. The molecule has 0 aliphatic heterocycles. The Balaban J connectivity index is 2.75. The average molecular weight is 270 g/mol. The molecule has 0 fully saturated rings. The van der Waals surface area contributed by atoms with E-state index in [2.05, 4.69) is 10.1 Å². The van der Waals surface area contributed by atoms with Gasteiger partial charge >= 0.3 is 11.9 Å². The van der Waals surface area contributed by atoms with E-state index in [1.807, 2.05) is 0 Å². The van der Waals surface area contributed by atoms with E-state index in [9.17, 15) is 14.4 Å². The summed E-state index contributed by atoms with van der Waals surface area (Å²) < 4.78 is 4.40. The molecule has 0 saturated heterocycles. The zero-order chi connectivity index (χ0) is 13.7. The van der Waals surface area contributed by atoms with Gasteiger partial charge in [-0.1, -0.05) is 17.7 Å². The first-order valence-corrected chi connectivity index (χ1v) is 5.53. The van der Waals surface area contributed by atoms with Crippen LogP contribution in [0.2, 0.25) is 5.02 Å².